The van der Waals surface area contributed by atoms with Gasteiger partial charge in [0.25, 0.3) is 0 Å². The summed E-state index contributed by atoms with van der Waals surface area (Å²) in [5, 5.41) is 19.5. The van der Waals surface area contributed by atoms with Gasteiger partial charge in [-0.25, -0.2) is 0 Å². The predicted octanol–water partition coefficient (Wildman–Crippen LogP) is 4.62. The van der Waals surface area contributed by atoms with Gasteiger partial charge in [-0.05, 0) is 49.4 Å². The van der Waals surface area contributed by atoms with E-state index in [2.05, 4.69) is 0 Å². The summed E-state index contributed by atoms with van der Waals surface area (Å²) in [6.45, 7) is 0. The first kappa shape index (κ1) is 20.7. The molecule has 142 valence electrons. The van der Waals surface area contributed by atoms with Crippen molar-refractivity contribution in [1.29, 1.82) is 0 Å². The molecular weight excluding hydrogens is 379 g/mol. The van der Waals surface area contributed by atoms with E-state index in [9.17, 15) is 19.5 Å². The van der Waals surface area contributed by atoms with Crippen molar-refractivity contribution in [2.75, 3.05) is 0 Å². The first-order valence-corrected chi connectivity index (χ1v) is 9.40. The van der Waals surface area contributed by atoms with Crippen molar-refractivity contribution in [2.24, 2.45) is 11.3 Å². The standard InChI is InChI=1S/C19H22Cl2O5/c20-14-8-12(9-15(21)10-14)7-13(18(25)26)3-4-16(22)19(11-17(23)24)5-1-2-6-19/h8-10,13H,1-7,11H2,(H,23,24)(H,25,26). The van der Waals surface area contributed by atoms with E-state index >= 15 is 0 Å². The molecule has 0 saturated heterocycles. The third-order valence-electron chi connectivity index (χ3n) is 5.12. The summed E-state index contributed by atoms with van der Waals surface area (Å²) in [7, 11) is 0. The van der Waals surface area contributed by atoms with E-state index in [-0.39, 0.29) is 31.5 Å². The van der Waals surface area contributed by atoms with Crippen molar-refractivity contribution >= 4 is 40.9 Å². The Morgan fingerprint density at radius 3 is 2.12 bits per heavy atom. The lowest BCUT2D eigenvalue weighted by Crippen LogP contribution is -2.31. The highest BCUT2D eigenvalue weighted by atomic mass is 35.5. The summed E-state index contributed by atoms with van der Waals surface area (Å²) in [4.78, 5) is 35.4. The molecule has 1 atom stereocenters. The van der Waals surface area contributed by atoms with Crippen LogP contribution in [-0.2, 0) is 20.8 Å². The number of halogens is 2. The van der Waals surface area contributed by atoms with Crippen LogP contribution < -0.4 is 0 Å². The van der Waals surface area contributed by atoms with Crippen molar-refractivity contribution in [2.45, 2.75) is 51.4 Å². The molecule has 1 unspecified atom stereocenters. The lowest BCUT2D eigenvalue weighted by Gasteiger charge is -2.26. The number of rotatable bonds is 9. The minimum Gasteiger partial charge on any atom is -0.481 e. The molecule has 0 heterocycles. The molecule has 5 nitrogen and oxygen atoms in total. The molecule has 0 spiro atoms. The van der Waals surface area contributed by atoms with Crippen LogP contribution in [0.1, 0.15) is 50.5 Å². The summed E-state index contributed by atoms with van der Waals surface area (Å²) >= 11 is 11.9. The smallest absolute Gasteiger partial charge is 0.306 e. The number of aliphatic carboxylic acids is 2. The maximum atomic E-state index is 12.7. The third-order valence-corrected chi connectivity index (χ3v) is 5.55. The molecule has 26 heavy (non-hydrogen) atoms. The van der Waals surface area contributed by atoms with E-state index in [1.54, 1.807) is 18.2 Å². The van der Waals surface area contributed by atoms with Crippen molar-refractivity contribution in [3.63, 3.8) is 0 Å². The zero-order chi connectivity index (χ0) is 19.3. The van der Waals surface area contributed by atoms with E-state index < -0.39 is 23.3 Å². The van der Waals surface area contributed by atoms with Gasteiger partial charge >= 0.3 is 11.9 Å². The zero-order valence-corrected chi connectivity index (χ0v) is 15.9. The van der Waals surface area contributed by atoms with E-state index in [4.69, 9.17) is 28.3 Å². The van der Waals surface area contributed by atoms with Gasteiger partial charge in [0.1, 0.15) is 5.78 Å². The predicted molar refractivity (Wildman–Crippen MR) is 98.7 cm³/mol. The van der Waals surface area contributed by atoms with Crippen LogP contribution >= 0.6 is 23.2 Å². The normalized spacial score (nSPS) is 17.0. The van der Waals surface area contributed by atoms with Crippen molar-refractivity contribution in [1.82, 2.24) is 0 Å². The van der Waals surface area contributed by atoms with Gasteiger partial charge in [0, 0.05) is 21.9 Å². The van der Waals surface area contributed by atoms with Gasteiger partial charge in [0.15, 0.2) is 0 Å². The number of carboxylic acids is 2. The van der Waals surface area contributed by atoms with Gasteiger partial charge in [-0.3, -0.25) is 14.4 Å². The fourth-order valence-electron chi connectivity index (χ4n) is 3.79. The number of hydrogen-bond acceptors (Lipinski definition) is 3. The largest absolute Gasteiger partial charge is 0.481 e. The van der Waals surface area contributed by atoms with E-state index in [1.165, 1.54) is 0 Å². The quantitative estimate of drug-likeness (QED) is 0.630. The minimum absolute atomic E-state index is 0.0680. The van der Waals surface area contributed by atoms with Gasteiger partial charge in [-0.15, -0.1) is 0 Å². The molecule has 1 fully saturated rings. The molecule has 1 saturated carbocycles. The van der Waals surface area contributed by atoms with Crippen LogP contribution in [0.15, 0.2) is 18.2 Å². The Morgan fingerprint density at radius 1 is 1.04 bits per heavy atom. The molecule has 2 N–H and O–H groups in total. The molecule has 7 heteroatoms. The summed E-state index contributed by atoms with van der Waals surface area (Å²) in [5.41, 5.74) is -0.127. The van der Waals surface area contributed by atoms with E-state index in [0.29, 0.717) is 28.5 Å². The molecule has 1 aliphatic carbocycles. The number of benzene rings is 1. The van der Waals surface area contributed by atoms with Crippen LogP contribution in [0.3, 0.4) is 0 Å². The zero-order valence-electron chi connectivity index (χ0n) is 14.3. The number of carbonyl (C=O) groups excluding carboxylic acids is 1. The van der Waals surface area contributed by atoms with Gasteiger partial charge in [-0.2, -0.15) is 0 Å². The topological polar surface area (TPSA) is 91.7 Å². The third kappa shape index (κ3) is 5.45. The van der Waals surface area contributed by atoms with Crippen LogP contribution in [0.5, 0.6) is 0 Å². The second kappa shape index (κ2) is 8.87. The Bertz CT molecular complexity index is 675. The summed E-state index contributed by atoms with van der Waals surface area (Å²) in [6, 6.07) is 4.89. The Kier molecular flexibility index (Phi) is 7.07. The number of ketones is 1. The van der Waals surface area contributed by atoms with Crippen molar-refractivity contribution in [3.8, 4) is 0 Å². The lowest BCUT2D eigenvalue weighted by atomic mass is 9.76. The molecule has 1 aromatic carbocycles. The molecule has 0 radical (unpaired) electrons. The molecule has 1 aliphatic rings. The van der Waals surface area contributed by atoms with Crippen LogP contribution in [0.2, 0.25) is 10.0 Å². The van der Waals surface area contributed by atoms with Crippen LogP contribution in [-0.4, -0.2) is 27.9 Å². The molecular formula is C19H22Cl2O5. The highest BCUT2D eigenvalue weighted by molar-refractivity contribution is 6.34. The highest BCUT2D eigenvalue weighted by Crippen LogP contribution is 2.43. The van der Waals surface area contributed by atoms with Crippen LogP contribution in [0.4, 0.5) is 0 Å². The molecule has 2 rings (SSSR count). The first-order valence-electron chi connectivity index (χ1n) is 8.65. The molecule has 1 aromatic rings. The van der Waals surface area contributed by atoms with Crippen LogP contribution in [0.25, 0.3) is 0 Å². The summed E-state index contributed by atoms with van der Waals surface area (Å²) in [5.74, 6) is -2.86. The summed E-state index contributed by atoms with van der Waals surface area (Å²) in [6.07, 6.45) is 3.09. The average Bonchev–Trinajstić information content (AvgIpc) is 2.98. The molecule has 0 amide bonds. The van der Waals surface area contributed by atoms with Crippen molar-refractivity contribution < 1.29 is 24.6 Å². The second-order valence-electron chi connectivity index (χ2n) is 7.04. The van der Waals surface area contributed by atoms with Crippen molar-refractivity contribution in [3.05, 3.63) is 33.8 Å². The Morgan fingerprint density at radius 2 is 1.62 bits per heavy atom. The molecule has 0 bridgehead atoms. The van der Waals surface area contributed by atoms with Gasteiger partial charge < -0.3 is 10.2 Å². The minimum atomic E-state index is -0.993. The van der Waals surface area contributed by atoms with E-state index in [0.717, 1.165) is 12.8 Å². The Labute approximate surface area is 162 Å². The lowest BCUT2D eigenvalue weighted by molar-refractivity contribution is -0.146. The summed E-state index contributed by atoms with van der Waals surface area (Å²) < 4.78 is 0. The fourth-order valence-corrected chi connectivity index (χ4v) is 4.36. The Hall–Kier alpha value is -1.59. The molecule has 0 aromatic heterocycles. The monoisotopic (exact) mass is 400 g/mol. The number of carbonyl (C=O) groups is 3. The van der Waals surface area contributed by atoms with E-state index in [1.807, 2.05) is 0 Å². The van der Waals surface area contributed by atoms with Gasteiger partial charge in [-0.1, -0.05) is 36.0 Å². The number of hydrogen-bond donors (Lipinski definition) is 2. The molecule has 0 aliphatic heterocycles. The first-order chi connectivity index (χ1) is 12.2. The average molecular weight is 401 g/mol. The van der Waals surface area contributed by atoms with Crippen LogP contribution in [0, 0.1) is 11.3 Å². The maximum Gasteiger partial charge on any atom is 0.306 e. The maximum absolute atomic E-state index is 12.7. The second-order valence-corrected chi connectivity index (χ2v) is 7.91. The Balaban J connectivity index is 2.04. The fraction of sp³-hybridized carbons (Fsp3) is 0.526. The number of carboxylic acid groups (broad SMARTS) is 2. The number of Topliss-reactive ketones (excluding diaryl/α,β-unsaturated/α-hetero) is 1. The highest BCUT2D eigenvalue weighted by Gasteiger charge is 2.42. The SMILES string of the molecule is O=C(O)CC1(C(=O)CCC(Cc2cc(Cl)cc(Cl)c2)C(=O)O)CCCC1. The van der Waals surface area contributed by atoms with Gasteiger partial charge in [0.2, 0.25) is 0 Å². The van der Waals surface area contributed by atoms with Gasteiger partial charge in [0.05, 0.1) is 12.3 Å².